The highest BCUT2D eigenvalue weighted by Crippen LogP contribution is 2.46. The van der Waals surface area contributed by atoms with Crippen molar-refractivity contribution < 1.29 is 4.39 Å². The number of benzene rings is 1. The molecule has 0 aromatic heterocycles. The van der Waals surface area contributed by atoms with Crippen LogP contribution in [-0.4, -0.2) is 5.54 Å². The van der Waals surface area contributed by atoms with Crippen LogP contribution in [0.15, 0.2) is 18.2 Å². The van der Waals surface area contributed by atoms with Gasteiger partial charge in [0.2, 0.25) is 0 Å². The summed E-state index contributed by atoms with van der Waals surface area (Å²) in [6.07, 6.45) is 5.31. The Morgan fingerprint density at radius 1 is 1.40 bits per heavy atom. The molecule has 1 saturated carbocycles. The maximum atomic E-state index is 13.5. The van der Waals surface area contributed by atoms with Crippen molar-refractivity contribution in [3.8, 4) is 0 Å². The first kappa shape index (κ1) is 9.34. The molecule has 3 rings (SSSR count). The highest BCUT2D eigenvalue weighted by atomic mass is 19.1. The predicted octanol–water partition coefficient (Wildman–Crippen LogP) is 2.74. The molecule has 0 spiro atoms. The van der Waals surface area contributed by atoms with E-state index in [1.165, 1.54) is 5.56 Å². The third kappa shape index (κ3) is 1.57. The number of nitrogens with two attached hydrogens (primary N) is 1. The lowest BCUT2D eigenvalue weighted by molar-refractivity contribution is 0.513. The van der Waals surface area contributed by atoms with Gasteiger partial charge in [-0.3, -0.25) is 0 Å². The van der Waals surface area contributed by atoms with E-state index in [9.17, 15) is 4.39 Å². The second-order valence-electron chi connectivity index (χ2n) is 5.11. The Labute approximate surface area is 89.5 Å². The minimum absolute atomic E-state index is 0.0307. The van der Waals surface area contributed by atoms with E-state index < -0.39 is 0 Å². The first-order valence-corrected chi connectivity index (χ1v) is 5.74. The smallest absolute Gasteiger partial charge is 0.126 e. The van der Waals surface area contributed by atoms with Crippen molar-refractivity contribution in [1.82, 2.24) is 0 Å². The van der Waals surface area contributed by atoms with Crippen molar-refractivity contribution in [1.29, 1.82) is 0 Å². The highest BCUT2D eigenvalue weighted by Gasteiger charge is 2.41. The van der Waals surface area contributed by atoms with Gasteiger partial charge in [-0.05, 0) is 55.2 Å². The van der Waals surface area contributed by atoms with Gasteiger partial charge in [0.15, 0.2) is 0 Å². The first-order valence-electron chi connectivity index (χ1n) is 5.74. The Hall–Kier alpha value is -0.890. The average molecular weight is 205 g/mol. The van der Waals surface area contributed by atoms with Crippen molar-refractivity contribution in [3.05, 3.63) is 35.1 Å². The molecule has 2 aliphatic rings. The molecule has 15 heavy (non-hydrogen) atoms. The van der Waals surface area contributed by atoms with Crippen molar-refractivity contribution in [3.63, 3.8) is 0 Å². The molecular weight excluding hydrogens is 189 g/mol. The fraction of sp³-hybridized carbons (Fsp3) is 0.538. The SMILES string of the molecule is NC1(CC2CCc3c(F)cccc32)CC1. The molecule has 2 aliphatic carbocycles. The van der Waals surface area contributed by atoms with Crippen LogP contribution >= 0.6 is 0 Å². The largest absolute Gasteiger partial charge is 0.325 e. The van der Waals surface area contributed by atoms with Gasteiger partial charge in [0.1, 0.15) is 5.82 Å². The van der Waals surface area contributed by atoms with Gasteiger partial charge in [-0.1, -0.05) is 12.1 Å². The number of rotatable bonds is 2. The maximum absolute atomic E-state index is 13.5. The van der Waals surface area contributed by atoms with E-state index in [1.807, 2.05) is 6.07 Å². The third-order valence-corrected chi connectivity index (χ3v) is 3.88. The van der Waals surface area contributed by atoms with Gasteiger partial charge in [-0.15, -0.1) is 0 Å². The summed E-state index contributed by atoms with van der Waals surface area (Å²) in [5, 5.41) is 0. The van der Waals surface area contributed by atoms with Crippen molar-refractivity contribution in [2.75, 3.05) is 0 Å². The molecule has 0 aliphatic heterocycles. The zero-order chi connectivity index (χ0) is 10.5. The maximum Gasteiger partial charge on any atom is 0.126 e. The van der Waals surface area contributed by atoms with Gasteiger partial charge in [0, 0.05) is 5.54 Å². The fourth-order valence-electron chi connectivity index (χ4n) is 2.76. The molecule has 1 aromatic rings. The van der Waals surface area contributed by atoms with Gasteiger partial charge >= 0.3 is 0 Å². The molecule has 0 bridgehead atoms. The Balaban J connectivity index is 1.88. The number of hydrogen-bond donors (Lipinski definition) is 1. The van der Waals surface area contributed by atoms with E-state index in [4.69, 9.17) is 5.73 Å². The zero-order valence-corrected chi connectivity index (χ0v) is 8.80. The van der Waals surface area contributed by atoms with Crippen LogP contribution < -0.4 is 5.73 Å². The Morgan fingerprint density at radius 2 is 2.20 bits per heavy atom. The Morgan fingerprint density at radius 3 is 2.93 bits per heavy atom. The number of hydrogen-bond acceptors (Lipinski definition) is 1. The van der Waals surface area contributed by atoms with E-state index >= 15 is 0 Å². The van der Waals surface area contributed by atoms with Gasteiger partial charge < -0.3 is 5.73 Å². The second-order valence-corrected chi connectivity index (χ2v) is 5.11. The van der Waals surface area contributed by atoms with Crippen molar-refractivity contribution in [2.24, 2.45) is 5.73 Å². The van der Waals surface area contributed by atoms with E-state index in [0.717, 1.165) is 37.7 Å². The summed E-state index contributed by atoms with van der Waals surface area (Å²) in [6, 6.07) is 5.46. The molecule has 0 saturated heterocycles. The van der Waals surface area contributed by atoms with E-state index in [-0.39, 0.29) is 11.4 Å². The Bertz CT molecular complexity index is 396. The minimum atomic E-state index is -0.0307. The molecule has 0 amide bonds. The van der Waals surface area contributed by atoms with E-state index in [0.29, 0.717) is 5.92 Å². The molecular formula is C13H16FN. The topological polar surface area (TPSA) is 26.0 Å². The van der Waals surface area contributed by atoms with E-state index in [1.54, 1.807) is 6.07 Å². The lowest BCUT2D eigenvalue weighted by Gasteiger charge is -2.16. The first-order chi connectivity index (χ1) is 7.18. The molecule has 0 heterocycles. The summed E-state index contributed by atoms with van der Waals surface area (Å²) < 4.78 is 13.5. The standard InChI is InChI=1S/C13H16FN/c14-12-3-1-2-10-9(4-5-11(10)12)8-13(15)6-7-13/h1-3,9H,4-8,15H2. The van der Waals surface area contributed by atoms with Crippen LogP contribution in [0.4, 0.5) is 4.39 Å². The summed E-state index contributed by atoms with van der Waals surface area (Å²) in [5.41, 5.74) is 8.36. The molecule has 1 atom stereocenters. The molecule has 80 valence electrons. The van der Waals surface area contributed by atoms with Gasteiger partial charge in [0.25, 0.3) is 0 Å². The van der Waals surface area contributed by atoms with Crippen LogP contribution in [0.25, 0.3) is 0 Å². The molecule has 1 nitrogen and oxygen atoms in total. The van der Waals surface area contributed by atoms with Crippen LogP contribution in [0, 0.1) is 5.82 Å². The summed E-state index contributed by atoms with van der Waals surface area (Å²) >= 11 is 0. The Kier molecular flexibility index (Phi) is 1.90. The predicted molar refractivity (Wildman–Crippen MR) is 58.2 cm³/mol. The molecule has 0 radical (unpaired) electrons. The molecule has 2 heteroatoms. The van der Waals surface area contributed by atoms with Gasteiger partial charge in [-0.25, -0.2) is 4.39 Å². The number of fused-ring (bicyclic) bond motifs is 1. The lowest BCUT2D eigenvalue weighted by atomic mass is 9.93. The monoisotopic (exact) mass is 205 g/mol. The zero-order valence-electron chi connectivity index (χ0n) is 8.80. The van der Waals surface area contributed by atoms with Crippen molar-refractivity contribution in [2.45, 2.75) is 43.6 Å². The van der Waals surface area contributed by atoms with Crippen LogP contribution in [0.1, 0.15) is 42.7 Å². The van der Waals surface area contributed by atoms with Gasteiger partial charge in [-0.2, -0.15) is 0 Å². The molecule has 1 unspecified atom stereocenters. The van der Waals surface area contributed by atoms with Crippen LogP contribution in [0.5, 0.6) is 0 Å². The number of halogens is 1. The van der Waals surface area contributed by atoms with Crippen LogP contribution in [0.3, 0.4) is 0 Å². The lowest BCUT2D eigenvalue weighted by Crippen LogP contribution is -2.23. The fourth-order valence-corrected chi connectivity index (χ4v) is 2.76. The summed E-state index contributed by atoms with van der Waals surface area (Å²) in [5.74, 6) is 0.472. The van der Waals surface area contributed by atoms with Crippen molar-refractivity contribution >= 4 is 0 Å². The van der Waals surface area contributed by atoms with Crippen LogP contribution in [-0.2, 0) is 6.42 Å². The summed E-state index contributed by atoms with van der Waals surface area (Å²) in [4.78, 5) is 0. The van der Waals surface area contributed by atoms with Crippen LogP contribution in [0.2, 0.25) is 0 Å². The second kappa shape index (κ2) is 3.05. The normalized spacial score (nSPS) is 26.4. The molecule has 1 aromatic carbocycles. The molecule has 1 fully saturated rings. The summed E-state index contributed by atoms with van der Waals surface area (Å²) in [6.45, 7) is 0. The minimum Gasteiger partial charge on any atom is -0.325 e. The van der Waals surface area contributed by atoms with Gasteiger partial charge in [0.05, 0.1) is 0 Å². The summed E-state index contributed by atoms with van der Waals surface area (Å²) in [7, 11) is 0. The highest BCUT2D eigenvalue weighted by molar-refractivity contribution is 5.36. The quantitative estimate of drug-likeness (QED) is 0.789. The van der Waals surface area contributed by atoms with E-state index in [2.05, 4.69) is 6.07 Å². The molecule has 2 N–H and O–H groups in total. The third-order valence-electron chi connectivity index (χ3n) is 3.88. The average Bonchev–Trinajstić information content (AvgIpc) is 2.78.